The molecule has 0 spiro atoms. The first kappa shape index (κ1) is 14.1. The van der Waals surface area contributed by atoms with Crippen molar-refractivity contribution in [2.45, 2.75) is 12.2 Å². The molecule has 1 aromatic carbocycles. The van der Waals surface area contributed by atoms with Gasteiger partial charge in [0.2, 0.25) is 0 Å². The molecule has 0 radical (unpaired) electrons. The minimum absolute atomic E-state index is 0.235. The van der Waals surface area contributed by atoms with Crippen molar-refractivity contribution in [1.29, 1.82) is 0 Å². The molecule has 3 nitrogen and oxygen atoms in total. The molecule has 1 heterocycles. The van der Waals surface area contributed by atoms with Crippen molar-refractivity contribution >= 4 is 5.91 Å². The maximum absolute atomic E-state index is 13.0. The summed E-state index contributed by atoms with van der Waals surface area (Å²) in [4.78, 5) is 11.6. The van der Waals surface area contributed by atoms with E-state index in [1.54, 1.807) is 0 Å². The molecule has 1 amide bonds. The van der Waals surface area contributed by atoms with Crippen molar-refractivity contribution < 1.29 is 26.8 Å². The van der Waals surface area contributed by atoms with Crippen LogP contribution in [0.25, 0.3) is 0 Å². The minimum Gasteiger partial charge on any atom is -0.459 e. The fourth-order valence-electron chi connectivity index (χ4n) is 1.62. The first-order valence-corrected chi connectivity index (χ1v) is 5.54. The van der Waals surface area contributed by atoms with Gasteiger partial charge in [-0.2, -0.15) is 13.2 Å². The molecular weight excluding hydrogens is 278 g/mol. The molecule has 0 saturated heterocycles. The Morgan fingerprint density at radius 2 is 1.80 bits per heavy atom. The number of hydrogen-bond acceptors (Lipinski definition) is 2. The van der Waals surface area contributed by atoms with Crippen LogP contribution in [0.1, 0.15) is 22.2 Å². The number of hydrogen-bond donors (Lipinski definition) is 1. The summed E-state index contributed by atoms with van der Waals surface area (Å²) in [6.45, 7) is 0. The molecule has 0 unspecified atom stereocenters. The van der Waals surface area contributed by atoms with Crippen molar-refractivity contribution in [3.63, 3.8) is 0 Å². The normalized spacial score (nSPS) is 13.0. The Morgan fingerprint density at radius 3 is 2.30 bits per heavy atom. The first-order chi connectivity index (χ1) is 9.38. The van der Waals surface area contributed by atoms with E-state index in [9.17, 15) is 22.4 Å². The fraction of sp³-hybridized carbons (Fsp3) is 0.154. The second kappa shape index (κ2) is 5.36. The average Bonchev–Trinajstić information content (AvgIpc) is 2.89. The zero-order valence-corrected chi connectivity index (χ0v) is 9.95. The van der Waals surface area contributed by atoms with Gasteiger partial charge in [0, 0.05) is 0 Å². The van der Waals surface area contributed by atoms with Crippen LogP contribution in [-0.2, 0) is 0 Å². The summed E-state index contributed by atoms with van der Waals surface area (Å²) in [6.07, 6.45) is -3.53. The summed E-state index contributed by atoms with van der Waals surface area (Å²) >= 11 is 0. The molecule has 7 heteroatoms. The van der Waals surface area contributed by atoms with Gasteiger partial charge in [-0.3, -0.25) is 4.79 Å². The van der Waals surface area contributed by atoms with E-state index < -0.39 is 23.9 Å². The second-order valence-corrected chi connectivity index (χ2v) is 3.98. The number of carbonyl (C=O) groups excluding carboxylic acids is 1. The Labute approximate surface area is 111 Å². The highest BCUT2D eigenvalue weighted by Gasteiger charge is 2.42. The van der Waals surface area contributed by atoms with Gasteiger partial charge in [0.1, 0.15) is 5.82 Å². The molecular formula is C13H9F4NO2. The Morgan fingerprint density at radius 1 is 1.15 bits per heavy atom. The number of nitrogens with one attached hydrogen (secondary N) is 1. The second-order valence-electron chi connectivity index (χ2n) is 3.98. The molecule has 106 valence electrons. The first-order valence-electron chi connectivity index (χ1n) is 5.54. The van der Waals surface area contributed by atoms with Crippen LogP contribution in [0.3, 0.4) is 0 Å². The molecule has 1 aromatic heterocycles. The number of rotatable bonds is 3. The molecule has 2 aromatic rings. The van der Waals surface area contributed by atoms with Gasteiger partial charge in [-0.15, -0.1) is 0 Å². The maximum atomic E-state index is 13.0. The molecule has 1 N–H and O–H groups in total. The van der Waals surface area contributed by atoms with Gasteiger partial charge in [0.15, 0.2) is 11.8 Å². The van der Waals surface area contributed by atoms with Crippen molar-refractivity contribution in [3.8, 4) is 0 Å². The summed E-state index contributed by atoms with van der Waals surface area (Å²) in [5.74, 6) is -1.89. The van der Waals surface area contributed by atoms with Gasteiger partial charge in [-0.05, 0) is 29.8 Å². The Balaban J connectivity index is 2.25. The quantitative estimate of drug-likeness (QED) is 0.878. The Bertz CT molecular complexity index is 575. The molecule has 0 bridgehead atoms. The van der Waals surface area contributed by atoms with E-state index in [0.29, 0.717) is 0 Å². The van der Waals surface area contributed by atoms with Gasteiger partial charge >= 0.3 is 6.18 Å². The summed E-state index contributed by atoms with van der Waals surface area (Å²) in [5, 5.41) is 1.81. The van der Waals surface area contributed by atoms with E-state index in [-0.39, 0.29) is 11.3 Å². The monoisotopic (exact) mass is 287 g/mol. The van der Waals surface area contributed by atoms with Crippen LogP contribution in [0.4, 0.5) is 17.6 Å². The SMILES string of the molecule is O=C(N[C@H](c1ccc(F)cc1)C(F)(F)F)c1ccco1. The lowest BCUT2D eigenvalue weighted by Crippen LogP contribution is -2.38. The van der Waals surface area contributed by atoms with E-state index in [1.807, 2.05) is 5.32 Å². The largest absolute Gasteiger partial charge is 0.459 e. The van der Waals surface area contributed by atoms with Crippen LogP contribution in [0, 0.1) is 5.82 Å². The van der Waals surface area contributed by atoms with Crippen LogP contribution in [0.15, 0.2) is 47.1 Å². The van der Waals surface area contributed by atoms with E-state index in [1.165, 1.54) is 18.4 Å². The van der Waals surface area contributed by atoms with Crippen molar-refractivity contribution in [2.75, 3.05) is 0 Å². The van der Waals surface area contributed by atoms with E-state index in [0.717, 1.165) is 24.3 Å². The lowest BCUT2D eigenvalue weighted by Gasteiger charge is -2.21. The molecule has 0 aliphatic rings. The van der Waals surface area contributed by atoms with Crippen molar-refractivity contribution in [1.82, 2.24) is 5.32 Å². The lowest BCUT2D eigenvalue weighted by molar-refractivity contribution is -0.155. The molecule has 0 aliphatic heterocycles. The zero-order valence-electron chi connectivity index (χ0n) is 9.95. The van der Waals surface area contributed by atoms with Gasteiger partial charge < -0.3 is 9.73 Å². The highest BCUT2D eigenvalue weighted by Crippen LogP contribution is 2.33. The Hall–Kier alpha value is -2.31. The Kier molecular flexibility index (Phi) is 3.78. The average molecular weight is 287 g/mol. The lowest BCUT2D eigenvalue weighted by atomic mass is 10.1. The number of alkyl halides is 3. The predicted molar refractivity (Wildman–Crippen MR) is 61.4 cm³/mol. The topological polar surface area (TPSA) is 42.2 Å². The van der Waals surface area contributed by atoms with E-state index in [2.05, 4.69) is 0 Å². The van der Waals surface area contributed by atoms with Crippen LogP contribution >= 0.6 is 0 Å². The molecule has 1 atom stereocenters. The van der Waals surface area contributed by atoms with Gasteiger partial charge in [0.05, 0.1) is 6.26 Å². The van der Waals surface area contributed by atoms with Gasteiger partial charge in [-0.25, -0.2) is 4.39 Å². The third kappa shape index (κ3) is 3.17. The summed E-state index contributed by atoms with van der Waals surface area (Å²) in [5.41, 5.74) is -0.265. The van der Waals surface area contributed by atoms with Gasteiger partial charge in [-0.1, -0.05) is 12.1 Å². The zero-order chi connectivity index (χ0) is 14.8. The van der Waals surface area contributed by atoms with E-state index in [4.69, 9.17) is 4.42 Å². The summed E-state index contributed by atoms with van der Waals surface area (Å²) in [6, 6.07) is 4.12. The number of carbonyl (C=O) groups is 1. The van der Waals surface area contributed by atoms with Crippen LogP contribution in [0.5, 0.6) is 0 Å². The molecule has 0 saturated carbocycles. The standard InChI is InChI=1S/C13H9F4NO2/c14-9-5-3-8(4-6-9)11(13(15,16)17)18-12(19)10-2-1-7-20-10/h1-7,11H,(H,18,19)/t11-/m1/s1. The fourth-order valence-corrected chi connectivity index (χ4v) is 1.62. The third-order valence-corrected chi connectivity index (χ3v) is 2.55. The predicted octanol–water partition coefficient (Wildman–Crippen LogP) is 3.45. The molecule has 2 rings (SSSR count). The number of halogens is 4. The minimum atomic E-state index is -4.71. The van der Waals surface area contributed by atoms with Crippen LogP contribution in [-0.4, -0.2) is 12.1 Å². The number of benzene rings is 1. The number of amides is 1. The molecule has 20 heavy (non-hydrogen) atoms. The van der Waals surface area contributed by atoms with Crippen molar-refractivity contribution in [3.05, 3.63) is 59.8 Å². The summed E-state index contributed by atoms with van der Waals surface area (Å²) in [7, 11) is 0. The highest BCUT2D eigenvalue weighted by molar-refractivity contribution is 5.91. The molecule has 0 aliphatic carbocycles. The van der Waals surface area contributed by atoms with E-state index >= 15 is 0 Å². The summed E-state index contributed by atoms with van der Waals surface area (Å²) < 4.78 is 56.4. The smallest absolute Gasteiger partial charge is 0.412 e. The number of furan rings is 1. The van der Waals surface area contributed by atoms with Gasteiger partial charge in [0.25, 0.3) is 5.91 Å². The van der Waals surface area contributed by atoms with Crippen LogP contribution in [0.2, 0.25) is 0 Å². The third-order valence-electron chi connectivity index (χ3n) is 2.55. The maximum Gasteiger partial charge on any atom is 0.412 e. The van der Waals surface area contributed by atoms with Crippen LogP contribution < -0.4 is 5.32 Å². The highest BCUT2D eigenvalue weighted by atomic mass is 19.4. The van der Waals surface area contributed by atoms with Crippen molar-refractivity contribution in [2.24, 2.45) is 0 Å². The molecule has 0 fully saturated rings.